The van der Waals surface area contributed by atoms with E-state index in [-0.39, 0.29) is 43.0 Å². The van der Waals surface area contributed by atoms with Gasteiger partial charge in [0.25, 0.3) is 5.69 Å². The summed E-state index contributed by atoms with van der Waals surface area (Å²) in [5.74, 6) is -1.63. The average molecular weight is 553 g/mol. The molecule has 13 nitrogen and oxygen atoms in total. The number of non-ortho nitro benzene ring substituents is 1. The number of carbonyl (C=O) groups excluding carboxylic acids is 3. The Bertz CT molecular complexity index is 1200. The zero-order valence-electron chi connectivity index (χ0n) is 22.2. The van der Waals surface area contributed by atoms with Gasteiger partial charge in [0.15, 0.2) is 5.96 Å². The third kappa shape index (κ3) is 9.05. The molecule has 3 amide bonds. The summed E-state index contributed by atoms with van der Waals surface area (Å²) in [6, 6.07) is 13.2. The summed E-state index contributed by atoms with van der Waals surface area (Å²) in [6.07, 6.45) is 2.26. The van der Waals surface area contributed by atoms with Crippen LogP contribution in [0, 0.1) is 16.0 Å². The third-order valence-electron chi connectivity index (χ3n) is 6.64. The maximum atomic E-state index is 13.3. The van der Waals surface area contributed by atoms with Gasteiger partial charge in [0.2, 0.25) is 17.7 Å². The van der Waals surface area contributed by atoms with Gasteiger partial charge in [0.1, 0.15) is 6.04 Å². The van der Waals surface area contributed by atoms with E-state index in [2.05, 4.69) is 15.6 Å². The van der Waals surface area contributed by atoms with Crippen molar-refractivity contribution in [3.8, 4) is 0 Å². The number of amides is 3. The van der Waals surface area contributed by atoms with Crippen molar-refractivity contribution in [2.24, 2.45) is 28.1 Å². The zero-order chi connectivity index (χ0) is 29.1. The Hall–Kier alpha value is -4.52. The highest BCUT2D eigenvalue weighted by Gasteiger charge is 2.32. The minimum atomic E-state index is -0.914. The number of nitrogens with one attached hydrogen (secondary N) is 2. The Morgan fingerprint density at radius 1 is 1.10 bits per heavy atom. The number of hydrogen-bond acceptors (Lipinski definition) is 7. The average Bonchev–Trinajstić information content (AvgIpc) is 2.94. The molecule has 0 spiro atoms. The van der Waals surface area contributed by atoms with Crippen LogP contribution in [0.2, 0.25) is 0 Å². The van der Waals surface area contributed by atoms with E-state index < -0.39 is 28.8 Å². The van der Waals surface area contributed by atoms with Crippen molar-refractivity contribution in [2.75, 3.05) is 25.0 Å². The van der Waals surface area contributed by atoms with E-state index in [1.165, 1.54) is 24.3 Å². The molecular formula is C27H36N8O5. The summed E-state index contributed by atoms with van der Waals surface area (Å²) in [6.45, 7) is 0.982. The van der Waals surface area contributed by atoms with E-state index in [0.717, 1.165) is 5.56 Å². The highest BCUT2D eigenvalue weighted by molar-refractivity contribution is 5.97. The largest absolute Gasteiger partial charge is 0.370 e. The van der Waals surface area contributed by atoms with Crippen LogP contribution in [0.1, 0.15) is 31.2 Å². The Balaban J connectivity index is 1.63. The zero-order valence-corrected chi connectivity index (χ0v) is 22.2. The minimum absolute atomic E-state index is 0.0756. The Labute approximate surface area is 232 Å². The number of anilines is 1. The highest BCUT2D eigenvalue weighted by atomic mass is 16.6. The first-order chi connectivity index (χ1) is 19.1. The molecule has 2 aromatic rings. The van der Waals surface area contributed by atoms with Crippen molar-refractivity contribution < 1.29 is 19.3 Å². The van der Waals surface area contributed by atoms with Crippen LogP contribution >= 0.6 is 0 Å². The number of guanidine groups is 1. The first kappa shape index (κ1) is 30.0. The van der Waals surface area contributed by atoms with Crippen molar-refractivity contribution >= 4 is 35.1 Å². The monoisotopic (exact) mass is 552 g/mol. The Morgan fingerprint density at radius 2 is 1.80 bits per heavy atom. The first-order valence-corrected chi connectivity index (χ1v) is 13.1. The minimum Gasteiger partial charge on any atom is -0.370 e. The van der Waals surface area contributed by atoms with Gasteiger partial charge in [-0.25, -0.2) is 0 Å². The van der Waals surface area contributed by atoms with Crippen molar-refractivity contribution in [2.45, 2.75) is 44.2 Å². The van der Waals surface area contributed by atoms with E-state index in [1.54, 1.807) is 4.90 Å². The predicted octanol–water partition coefficient (Wildman–Crippen LogP) is 0.880. The summed E-state index contributed by atoms with van der Waals surface area (Å²) >= 11 is 0. The van der Waals surface area contributed by atoms with Crippen LogP contribution in [-0.4, -0.2) is 65.2 Å². The third-order valence-corrected chi connectivity index (χ3v) is 6.64. The lowest BCUT2D eigenvalue weighted by atomic mass is 9.95. The van der Waals surface area contributed by atoms with Crippen molar-refractivity contribution in [1.82, 2.24) is 10.2 Å². The van der Waals surface area contributed by atoms with Crippen molar-refractivity contribution in [1.29, 1.82) is 0 Å². The van der Waals surface area contributed by atoms with Gasteiger partial charge < -0.3 is 32.7 Å². The van der Waals surface area contributed by atoms with Crippen LogP contribution < -0.4 is 27.8 Å². The molecule has 1 fully saturated rings. The molecule has 1 aliphatic rings. The maximum Gasteiger partial charge on any atom is 0.269 e. The number of nitrogens with zero attached hydrogens (tertiary/aromatic N) is 3. The van der Waals surface area contributed by atoms with Crippen LogP contribution in [0.5, 0.6) is 0 Å². The van der Waals surface area contributed by atoms with Crippen LogP contribution in [-0.2, 0) is 20.8 Å². The number of hydrogen-bond donors (Lipinski definition) is 5. The van der Waals surface area contributed by atoms with Gasteiger partial charge in [-0.15, -0.1) is 0 Å². The molecule has 214 valence electrons. The molecule has 0 aliphatic carbocycles. The lowest BCUT2D eigenvalue weighted by molar-refractivity contribution is -0.384. The molecule has 1 aliphatic heterocycles. The van der Waals surface area contributed by atoms with Crippen LogP contribution in [0.3, 0.4) is 0 Å². The normalized spacial score (nSPS) is 16.3. The molecule has 0 aromatic heterocycles. The van der Waals surface area contributed by atoms with Crippen LogP contribution in [0.25, 0.3) is 0 Å². The molecule has 13 heteroatoms. The van der Waals surface area contributed by atoms with Gasteiger partial charge in [-0.3, -0.25) is 29.5 Å². The van der Waals surface area contributed by atoms with E-state index in [1.807, 2.05) is 30.3 Å². The molecule has 0 unspecified atom stereocenters. The number of benzene rings is 2. The molecule has 0 bridgehead atoms. The molecule has 0 saturated carbocycles. The smallest absolute Gasteiger partial charge is 0.269 e. The standard InChI is InChI=1S/C27H36N8O5/c28-22(16-18-6-2-1-3-7-18)26(38)34-15-5-8-19(17-34)24(36)33-23(9-4-14-31-27(29)30)25(37)32-20-10-12-21(13-11-20)35(39)40/h1-3,6-7,10-13,19,22-23H,4-5,8-9,14-17,28H2,(H,32,37)(H,33,36)(H4,29,30,31)/t19-,22-,23+/m1/s1. The van der Waals surface area contributed by atoms with Gasteiger partial charge >= 0.3 is 0 Å². The number of rotatable bonds is 12. The molecule has 8 N–H and O–H groups in total. The summed E-state index contributed by atoms with van der Waals surface area (Å²) in [5, 5.41) is 16.4. The molecule has 2 aromatic carbocycles. The number of aliphatic imine (C=N–C) groups is 1. The molecule has 1 heterocycles. The van der Waals surface area contributed by atoms with Gasteiger partial charge in [0.05, 0.1) is 16.9 Å². The van der Waals surface area contributed by atoms with Crippen LogP contribution in [0.15, 0.2) is 59.6 Å². The molecule has 40 heavy (non-hydrogen) atoms. The topological polar surface area (TPSA) is 212 Å². The van der Waals surface area contributed by atoms with E-state index in [0.29, 0.717) is 37.9 Å². The van der Waals surface area contributed by atoms with Gasteiger partial charge in [-0.05, 0) is 49.8 Å². The Kier molecular flexibility index (Phi) is 10.9. The lowest BCUT2D eigenvalue weighted by Gasteiger charge is -2.34. The summed E-state index contributed by atoms with van der Waals surface area (Å²) < 4.78 is 0. The number of nitro groups is 1. The van der Waals surface area contributed by atoms with Crippen LogP contribution in [0.4, 0.5) is 11.4 Å². The fourth-order valence-electron chi connectivity index (χ4n) is 4.54. The number of piperidine rings is 1. The molecule has 0 radical (unpaired) electrons. The number of nitrogens with two attached hydrogens (primary N) is 3. The number of nitro benzene ring substituents is 1. The second kappa shape index (κ2) is 14.6. The van der Waals surface area contributed by atoms with Gasteiger partial charge in [-0.1, -0.05) is 30.3 Å². The molecule has 1 saturated heterocycles. The number of likely N-dealkylation sites (tertiary alicyclic amines) is 1. The van der Waals surface area contributed by atoms with E-state index >= 15 is 0 Å². The Morgan fingerprint density at radius 3 is 2.45 bits per heavy atom. The van der Waals surface area contributed by atoms with Gasteiger partial charge in [-0.2, -0.15) is 0 Å². The van der Waals surface area contributed by atoms with E-state index in [9.17, 15) is 24.5 Å². The fraction of sp³-hybridized carbons (Fsp3) is 0.407. The molecular weight excluding hydrogens is 516 g/mol. The first-order valence-electron chi connectivity index (χ1n) is 13.1. The van der Waals surface area contributed by atoms with E-state index in [4.69, 9.17) is 17.2 Å². The molecule has 3 atom stereocenters. The lowest BCUT2D eigenvalue weighted by Crippen LogP contribution is -2.53. The number of carbonyl (C=O) groups is 3. The summed E-state index contributed by atoms with van der Waals surface area (Å²) in [5.41, 5.74) is 18.1. The predicted molar refractivity (Wildman–Crippen MR) is 151 cm³/mol. The second-order valence-electron chi connectivity index (χ2n) is 9.72. The summed E-state index contributed by atoms with van der Waals surface area (Å²) in [7, 11) is 0. The fourth-order valence-corrected chi connectivity index (χ4v) is 4.54. The maximum absolute atomic E-state index is 13.3. The SMILES string of the molecule is NC(N)=NCCC[C@H](NC(=O)[C@@H]1CCCN(C(=O)[C@H](N)Cc2ccccc2)C1)C(=O)Nc1ccc([N+](=O)[O-])cc1. The second-order valence-corrected chi connectivity index (χ2v) is 9.72. The van der Waals surface area contributed by atoms with Crippen molar-refractivity contribution in [3.63, 3.8) is 0 Å². The quantitative estimate of drug-likeness (QED) is 0.0836. The van der Waals surface area contributed by atoms with Gasteiger partial charge in [0, 0.05) is 37.5 Å². The highest BCUT2D eigenvalue weighted by Crippen LogP contribution is 2.20. The van der Waals surface area contributed by atoms with Crippen molar-refractivity contribution in [3.05, 3.63) is 70.3 Å². The molecule has 3 rings (SSSR count). The summed E-state index contributed by atoms with van der Waals surface area (Å²) in [4.78, 5) is 55.3.